The van der Waals surface area contributed by atoms with Crippen molar-refractivity contribution in [2.75, 3.05) is 20.3 Å². The summed E-state index contributed by atoms with van der Waals surface area (Å²) in [5.41, 5.74) is 1.32. The second-order valence-electron chi connectivity index (χ2n) is 5.63. The number of nitrogens with one attached hydrogen (secondary N) is 1. The molecule has 2 rings (SSSR count). The van der Waals surface area contributed by atoms with Crippen LogP contribution in [0.4, 0.5) is 0 Å². The summed E-state index contributed by atoms with van der Waals surface area (Å²) >= 11 is 0. The van der Waals surface area contributed by atoms with Crippen LogP contribution in [-0.4, -0.2) is 29.8 Å². The average Bonchev–Trinajstić information content (AvgIpc) is 2.80. The van der Waals surface area contributed by atoms with Crippen molar-refractivity contribution >= 4 is 0 Å². The first-order valence-corrected chi connectivity index (χ1v) is 6.29. The zero-order chi connectivity index (χ0) is 12.5. The predicted molar refractivity (Wildman–Crippen MR) is 68.0 cm³/mol. The predicted octanol–water partition coefficient (Wildman–Crippen LogP) is 1.86. The number of ether oxygens (including phenoxy) is 1. The van der Waals surface area contributed by atoms with Crippen LogP contribution in [0.1, 0.15) is 39.3 Å². The molecule has 0 aliphatic carbocycles. The number of hydrogen-bond donors (Lipinski definition) is 1. The van der Waals surface area contributed by atoms with E-state index in [2.05, 4.69) is 35.6 Å². The van der Waals surface area contributed by atoms with Crippen LogP contribution in [0.5, 0.6) is 0 Å². The molecule has 4 heteroatoms. The fourth-order valence-electron chi connectivity index (χ4n) is 2.37. The Kier molecular flexibility index (Phi) is 3.27. The van der Waals surface area contributed by atoms with E-state index in [4.69, 9.17) is 4.74 Å². The van der Waals surface area contributed by atoms with Crippen LogP contribution in [0, 0.1) is 0 Å². The van der Waals surface area contributed by atoms with Gasteiger partial charge in [-0.3, -0.25) is 0 Å². The molecule has 0 atom stereocenters. The van der Waals surface area contributed by atoms with Gasteiger partial charge in [0.1, 0.15) is 0 Å². The summed E-state index contributed by atoms with van der Waals surface area (Å²) in [4.78, 5) is 4.34. The highest BCUT2D eigenvalue weighted by Gasteiger charge is 2.34. The zero-order valence-electron chi connectivity index (χ0n) is 11.3. The van der Waals surface area contributed by atoms with Gasteiger partial charge in [0.25, 0.3) is 0 Å². The Morgan fingerprint density at radius 3 is 2.65 bits per heavy atom. The summed E-state index contributed by atoms with van der Waals surface area (Å²) in [6.07, 6.45) is 6.03. The molecular weight excluding hydrogens is 214 g/mol. The van der Waals surface area contributed by atoms with E-state index in [1.165, 1.54) is 5.69 Å². The Bertz CT molecular complexity index is 378. The first kappa shape index (κ1) is 12.6. The number of aromatic nitrogens is 2. The van der Waals surface area contributed by atoms with E-state index in [0.717, 1.165) is 26.1 Å². The topological polar surface area (TPSA) is 39.1 Å². The molecule has 0 aromatic carbocycles. The van der Waals surface area contributed by atoms with Gasteiger partial charge in [0.05, 0.1) is 23.8 Å². The van der Waals surface area contributed by atoms with Crippen LogP contribution in [0.15, 0.2) is 12.5 Å². The average molecular weight is 237 g/mol. The lowest BCUT2D eigenvalue weighted by Gasteiger charge is -2.39. The molecular formula is C13H23N3O. The van der Waals surface area contributed by atoms with E-state index in [1.54, 1.807) is 0 Å². The van der Waals surface area contributed by atoms with Crippen molar-refractivity contribution in [3.8, 4) is 0 Å². The van der Waals surface area contributed by atoms with Crippen LogP contribution in [-0.2, 0) is 15.8 Å². The molecule has 0 amide bonds. The molecule has 1 N–H and O–H groups in total. The van der Waals surface area contributed by atoms with Gasteiger partial charge in [0.2, 0.25) is 0 Å². The Morgan fingerprint density at radius 1 is 1.41 bits per heavy atom. The minimum Gasteiger partial charge on any atom is -0.381 e. The van der Waals surface area contributed by atoms with E-state index in [0.29, 0.717) is 0 Å². The summed E-state index contributed by atoms with van der Waals surface area (Å²) in [6.45, 7) is 8.35. The molecule has 0 bridgehead atoms. The normalized spacial score (nSPS) is 20.5. The minimum absolute atomic E-state index is 0.0577. The largest absolute Gasteiger partial charge is 0.381 e. The Hall–Kier alpha value is -0.870. The summed E-state index contributed by atoms with van der Waals surface area (Å²) in [7, 11) is 1.99. The Balaban J connectivity index is 2.36. The minimum atomic E-state index is -0.0577. The molecule has 2 heterocycles. The fraction of sp³-hybridized carbons (Fsp3) is 0.769. The zero-order valence-corrected chi connectivity index (χ0v) is 11.3. The molecule has 0 spiro atoms. The maximum atomic E-state index is 5.47. The lowest BCUT2D eigenvalue weighted by atomic mass is 9.90. The third kappa shape index (κ3) is 2.24. The maximum Gasteiger partial charge on any atom is 0.0953 e. The fourth-order valence-corrected chi connectivity index (χ4v) is 2.37. The van der Waals surface area contributed by atoms with Gasteiger partial charge in [0.15, 0.2) is 0 Å². The van der Waals surface area contributed by atoms with E-state index in [9.17, 15) is 0 Å². The third-order valence-electron chi connectivity index (χ3n) is 4.06. The molecule has 96 valence electrons. The molecule has 0 unspecified atom stereocenters. The highest BCUT2D eigenvalue weighted by Crippen LogP contribution is 2.32. The Morgan fingerprint density at radius 2 is 2.06 bits per heavy atom. The van der Waals surface area contributed by atoms with Gasteiger partial charge in [-0.15, -0.1) is 0 Å². The lowest BCUT2D eigenvalue weighted by molar-refractivity contribution is 0.0269. The molecule has 4 nitrogen and oxygen atoms in total. The summed E-state index contributed by atoms with van der Waals surface area (Å²) in [6, 6.07) is 0. The van der Waals surface area contributed by atoms with E-state index < -0.39 is 0 Å². The number of rotatable bonds is 3. The van der Waals surface area contributed by atoms with E-state index >= 15 is 0 Å². The highest BCUT2D eigenvalue weighted by atomic mass is 16.5. The Labute approximate surface area is 103 Å². The number of hydrogen-bond acceptors (Lipinski definition) is 3. The summed E-state index contributed by atoms with van der Waals surface area (Å²) < 4.78 is 7.79. The van der Waals surface area contributed by atoms with Crippen molar-refractivity contribution in [2.24, 2.45) is 0 Å². The molecule has 1 aromatic rings. The molecule has 17 heavy (non-hydrogen) atoms. The van der Waals surface area contributed by atoms with Crippen LogP contribution >= 0.6 is 0 Å². The lowest BCUT2D eigenvalue weighted by Crippen LogP contribution is -2.42. The molecule has 1 aliphatic heterocycles. The summed E-state index contributed by atoms with van der Waals surface area (Å²) in [5.74, 6) is 0. The maximum absolute atomic E-state index is 5.47. The van der Waals surface area contributed by atoms with Crippen molar-refractivity contribution < 1.29 is 4.74 Å². The second kappa shape index (κ2) is 4.42. The quantitative estimate of drug-likeness (QED) is 0.872. The monoisotopic (exact) mass is 237 g/mol. The standard InChI is InChI=1S/C13H23N3O/c1-12(2,14-4)11-9-15-10-16(11)13(3)5-7-17-8-6-13/h9-10,14H,5-8H2,1-4H3. The third-order valence-corrected chi connectivity index (χ3v) is 4.06. The van der Waals surface area contributed by atoms with E-state index in [-0.39, 0.29) is 11.1 Å². The van der Waals surface area contributed by atoms with Gasteiger partial charge in [-0.05, 0) is 40.7 Å². The van der Waals surface area contributed by atoms with Crippen molar-refractivity contribution in [3.63, 3.8) is 0 Å². The highest BCUT2D eigenvalue weighted by molar-refractivity contribution is 5.14. The number of nitrogens with zero attached hydrogens (tertiary/aromatic N) is 2. The van der Waals surface area contributed by atoms with Crippen molar-refractivity contribution in [2.45, 2.75) is 44.7 Å². The van der Waals surface area contributed by atoms with E-state index in [1.807, 2.05) is 19.6 Å². The van der Waals surface area contributed by atoms with Crippen LogP contribution in [0.2, 0.25) is 0 Å². The molecule has 1 aliphatic rings. The van der Waals surface area contributed by atoms with Gasteiger partial charge in [-0.1, -0.05) is 0 Å². The SMILES string of the molecule is CNC(C)(C)c1cncn1C1(C)CCOCC1. The van der Waals surface area contributed by atoms with Gasteiger partial charge in [0, 0.05) is 18.8 Å². The molecule has 1 fully saturated rings. The van der Waals surface area contributed by atoms with Crippen molar-refractivity contribution in [1.29, 1.82) is 0 Å². The first-order valence-electron chi connectivity index (χ1n) is 6.29. The number of imidazole rings is 1. The van der Waals surface area contributed by atoms with Gasteiger partial charge in [-0.2, -0.15) is 0 Å². The summed E-state index contributed by atoms with van der Waals surface area (Å²) in [5, 5.41) is 3.35. The van der Waals surface area contributed by atoms with Gasteiger partial charge < -0.3 is 14.6 Å². The smallest absolute Gasteiger partial charge is 0.0953 e. The molecule has 0 radical (unpaired) electrons. The van der Waals surface area contributed by atoms with Crippen molar-refractivity contribution in [1.82, 2.24) is 14.9 Å². The van der Waals surface area contributed by atoms with Crippen LogP contribution in [0.3, 0.4) is 0 Å². The second-order valence-corrected chi connectivity index (χ2v) is 5.63. The van der Waals surface area contributed by atoms with Crippen molar-refractivity contribution in [3.05, 3.63) is 18.2 Å². The molecule has 1 aromatic heterocycles. The molecule has 0 saturated carbocycles. The first-order chi connectivity index (χ1) is 7.99. The van der Waals surface area contributed by atoms with Gasteiger partial charge >= 0.3 is 0 Å². The van der Waals surface area contributed by atoms with Crippen LogP contribution in [0.25, 0.3) is 0 Å². The molecule has 1 saturated heterocycles. The van der Waals surface area contributed by atoms with Gasteiger partial charge in [-0.25, -0.2) is 4.98 Å². The van der Waals surface area contributed by atoms with Crippen LogP contribution < -0.4 is 5.32 Å².